The molecule has 0 unspecified atom stereocenters. The highest BCUT2D eigenvalue weighted by atomic mass is 19.1. The Morgan fingerprint density at radius 2 is 1.75 bits per heavy atom. The molecule has 0 aliphatic rings. The Kier molecular flexibility index (Phi) is 6.30. The minimum atomic E-state index is -0.484. The maximum absolute atomic E-state index is 14.0. The van der Waals surface area contributed by atoms with E-state index in [2.05, 4.69) is 29.6 Å². The Bertz CT molecular complexity index is 1630. The molecule has 4 aromatic carbocycles. The number of carbonyl (C=O) groups excluding carboxylic acids is 1. The molecule has 5 aromatic rings. The number of furan rings is 1. The highest BCUT2D eigenvalue weighted by Gasteiger charge is 2.20. The van der Waals surface area contributed by atoms with Crippen molar-refractivity contribution >= 4 is 38.9 Å². The molecule has 0 aliphatic carbocycles. The Morgan fingerprint density at radius 3 is 2.56 bits per heavy atom. The third-order valence-electron chi connectivity index (χ3n) is 6.32. The number of amides is 1. The maximum Gasteiger partial charge on any atom is 0.248 e. The first-order valence-electron chi connectivity index (χ1n) is 11.9. The van der Waals surface area contributed by atoms with E-state index in [9.17, 15) is 9.18 Å². The quantitative estimate of drug-likeness (QED) is 0.250. The van der Waals surface area contributed by atoms with Crippen LogP contribution in [0.5, 0.6) is 5.75 Å². The number of para-hydroxylation sites is 1. The fourth-order valence-corrected chi connectivity index (χ4v) is 4.61. The van der Waals surface area contributed by atoms with Crippen LogP contribution in [0.15, 0.2) is 89.6 Å². The lowest BCUT2D eigenvalue weighted by Crippen LogP contribution is -2.10. The van der Waals surface area contributed by atoms with E-state index in [-0.39, 0.29) is 5.69 Å². The van der Waals surface area contributed by atoms with Gasteiger partial charge in [-0.15, -0.1) is 0 Å². The standard InChI is InChI=1S/C31H26FNO3/c1-4-35-30-20(3)31-25(26(18-36-31)23-13-9-11-21-10-5-6-12-22(21)23)17-24(30)19(2)16-29(34)33-28-15-8-7-14-27(28)32/h5-18H,4H2,1-3H3,(H,33,34)/b19-16+. The first-order valence-corrected chi connectivity index (χ1v) is 11.9. The van der Waals surface area contributed by atoms with Crippen molar-refractivity contribution in [3.05, 3.63) is 102 Å². The van der Waals surface area contributed by atoms with Gasteiger partial charge >= 0.3 is 0 Å². The van der Waals surface area contributed by atoms with E-state index in [0.29, 0.717) is 17.9 Å². The molecule has 180 valence electrons. The SMILES string of the molecule is CCOc1c(/C(C)=C/C(=O)Nc2ccccc2F)cc2c(-c3cccc4ccccc34)coc2c1C. The lowest BCUT2D eigenvalue weighted by Gasteiger charge is -2.15. The molecular weight excluding hydrogens is 453 g/mol. The third-order valence-corrected chi connectivity index (χ3v) is 6.32. The number of hydrogen-bond acceptors (Lipinski definition) is 3. The molecule has 0 atom stereocenters. The highest BCUT2D eigenvalue weighted by molar-refractivity contribution is 6.08. The van der Waals surface area contributed by atoms with Crippen molar-refractivity contribution in [1.29, 1.82) is 0 Å². The molecule has 1 N–H and O–H groups in total. The van der Waals surface area contributed by atoms with Crippen molar-refractivity contribution < 1.29 is 18.3 Å². The van der Waals surface area contributed by atoms with Crippen LogP contribution in [-0.4, -0.2) is 12.5 Å². The second-order valence-corrected chi connectivity index (χ2v) is 8.66. The number of allylic oxidation sites excluding steroid dienone is 1. The van der Waals surface area contributed by atoms with Crippen LogP contribution in [-0.2, 0) is 4.79 Å². The Hall–Kier alpha value is -4.38. The summed E-state index contributed by atoms with van der Waals surface area (Å²) in [6.07, 6.45) is 3.25. The number of nitrogens with one attached hydrogen (secondary N) is 1. The van der Waals surface area contributed by atoms with Gasteiger partial charge in [0.15, 0.2) is 0 Å². The number of halogens is 1. The molecule has 5 heteroatoms. The zero-order valence-corrected chi connectivity index (χ0v) is 20.4. The largest absolute Gasteiger partial charge is 0.493 e. The van der Waals surface area contributed by atoms with Gasteiger partial charge in [0.25, 0.3) is 0 Å². The first-order chi connectivity index (χ1) is 17.5. The van der Waals surface area contributed by atoms with E-state index >= 15 is 0 Å². The Balaban J connectivity index is 1.63. The predicted molar refractivity (Wildman–Crippen MR) is 144 cm³/mol. The highest BCUT2D eigenvalue weighted by Crippen LogP contribution is 2.42. The Labute approximate surface area is 209 Å². The van der Waals surface area contributed by atoms with Gasteiger partial charge in [0.1, 0.15) is 17.1 Å². The van der Waals surface area contributed by atoms with Crippen LogP contribution in [0.1, 0.15) is 25.0 Å². The van der Waals surface area contributed by atoms with Crippen LogP contribution >= 0.6 is 0 Å². The summed E-state index contributed by atoms with van der Waals surface area (Å²) < 4.78 is 26.1. The molecule has 0 radical (unpaired) electrons. The zero-order chi connectivity index (χ0) is 25.2. The molecule has 0 saturated heterocycles. The summed E-state index contributed by atoms with van der Waals surface area (Å²) in [6.45, 7) is 6.19. The summed E-state index contributed by atoms with van der Waals surface area (Å²) in [5, 5.41) is 5.83. The van der Waals surface area contributed by atoms with Gasteiger partial charge in [-0.25, -0.2) is 4.39 Å². The van der Waals surface area contributed by atoms with E-state index in [0.717, 1.165) is 44.0 Å². The number of anilines is 1. The van der Waals surface area contributed by atoms with Gasteiger partial charge in [-0.2, -0.15) is 0 Å². The van der Waals surface area contributed by atoms with Gasteiger partial charge in [-0.05, 0) is 60.9 Å². The number of rotatable bonds is 6. The molecule has 0 fully saturated rings. The fraction of sp³-hybridized carbons (Fsp3) is 0.129. The molecule has 1 amide bonds. The maximum atomic E-state index is 14.0. The summed E-state index contributed by atoms with van der Waals surface area (Å²) >= 11 is 0. The number of benzene rings is 4. The predicted octanol–water partition coefficient (Wildman–Crippen LogP) is 8.14. The molecule has 0 bridgehead atoms. The molecule has 1 aromatic heterocycles. The van der Waals surface area contributed by atoms with Gasteiger partial charge < -0.3 is 14.5 Å². The van der Waals surface area contributed by atoms with E-state index in [1.165, 1.54) is 18.2 Å². The van der Waals surface area contributed by atoms with E-state index in [4.69, 9.17) is 9.15 Å². The summed E-state index contributed by atoms with van der Waals surface area (Å²) in [4.78, 5) is 12.7. The Morgan fingerprint density at radius 1 is 1.00 bits per heavy atom. The number of ether oxygens (including phenoxy) is 1. The van der Waals surface area contributed by atoms with Gasteiger partial charge in [0.05, 0.1) is 18.6 Å². The molecule has 0 saturated carbocycles. The van der Waals surface area contributed by atoms with Gasteiger partial charge in [0, 0.05) is 28.2 Å². The van der Waals surface area contributed by atoms with E-state index in [1.807, 2.05) is 45.0 Å². The lowest BCUT2D eigenvalue weighted by molar-refractivity contribution is -0.111. The van der Waals surface area contributed by atoms with Crippen LogP contribution in [0, 0.1) is 12.7 Å². The van der Waals surface area contributed by atoms with Crippen LogP contribution in [0.3, 0.4) is 0 Å². The summed E-state index contributed by atoms with van der Waals surface area (Å²) in [5.74, 6) is -0.238. The molecule has 1 heterocycles. The van der Waals surface area contributed by atoms with Crippen molar-refractivity contribution in [2.75, 3.05) is 11.9 Å². The second-order valence-electron chi connectivity index (χ2n) is 8.66. The van der Waals surface area contributed by atoms with Gasteiger partial charge in [-0.1, -0.05) is 54.6 Å². The monoisotopic (exact) mass is 479 g/mol. The lowest BCUT2D eigenvalue weighted by atomic mass is 9.94. The fourth-order valence-electron chi connectivity index (χ4n) is 4.61. The van der Waals surface area contributed by atoms with Gasteiger partial charge in [0.2, 0.25) is 5.91 Å². The first kappa shape index (κ1) is 23.4. The molecular formula is C31H26FNO3. The topological polar surface area (TPSA) is 51.5 Å². The number of aryl methyl sites for hydroxylation is 1. The van der Waals surface area contributed by atoms with Crippen molar-refractivity contribution in [3.8, 4) is 16.9 Å². The number of carbonyl (C=O) groups is 1. The van der Waals surface area contributed by atoms with E-state index < -0.39 is 11.7 Å². The van der Waals surface area contributed by atoms with Crippen LogP contribution in [0.25, 0.3) is 38.4 Å². The van der Waals surface area contributed by atoms with Crippen molar-refractivity contribution in [2.24, 2.45) is 0 Å². The molecule has 0 spiro atoms. The average molecular weight is 480 g/mol. The molecule has 4 nitrogen and oxygen atoms in total. The van der Waals surface area contributed by atoms with E-state index in [1.54, 1.807) is 18.4 Å². The van der Waals surface area contributed by atoms with Crippen molar-refractivity contribution in [3.63, 3.8) is 0 Å². The normalized spacial score (nSPS) is 11.7. The summed E-state index contributed by atoms with van der Waals surface area (Å²) in [7, 11) is 0. The van der Waals surface area contributed by atoms with Crippen LogP contribution < -0.4 is 10.1 Å². The van der Waals surface area contributed by atoms with Crippen molar-refractivity contribution in [2.45, 2.75) is 20.8 Å². The smallest absolute Gasteiger partial charge is 0.248 e. The summed E-state index contributed by atoms with van der Waals surface area (Å²) in [5.41, 5.74) is 5.26. The average Bonchev–Trinajstić information content (AvgIpc) is 3.30. The van der Waals surface area contributed by atoms with Gasteiger partial charge in [-0.3, -0.25) is 4.79 Å². The molecule has 5 rings (SSSR count). The van der Waals surface area contributed by atoms with Crippen LogP contribution in [0.4, 0.5) is 10.1 Å². The summed E-state index contributed by atoms with van der Waals surface area (Å²) in [6, 6.07) is 22.6. The molecule has 36 heavy (non-hydrogen) atoms. The number of fused-ring (bicyclic) bond motifs is 2. The van der Waals surface area contributed by atoms with Crippen LogP contribution in [0.2, 0.25) is 0 Å². The zero-order valence-electron chi connectivity index (χ0n) is 20.4. The minimum Gasteiger partial charge on any atom is -0.493 e. The third kappa shape index (κ3) is 4.24. The second kappa shape index (κ2) is 9.70. The number of hydrogen-bond donors (Lipinski definition) is 1. The van der Waals surface area contributed by atoms with Crippen molar-refractivity contribution in [1.82, 2.24) is 0 Å². The molecule has 0 aliphatic heterocycles. The minimum absolute atomic E-state index is 0.135.